The maximum absolute atomic E-state index is 5.77. The van der Waals surface area contributed by atoms with Crippen molar-refractivity contribution in [1.29, 1.82) is 0 Å². The zero-order valence-electron chi connectivity index (χ0n) is 15.0. The lowest BCUT2D eigenvalue weighted by Crippen LogP contribution is -2.36. The van der Waals surface area contributed by atoms with Gasteiger partial charge < -0.3 is 5.32 Å². The van der Waals surface area contributed by atoms with E-state index >= 15 is 0 Å². The summed E-state index contributed by atoms with van der Waals surface area (Å²) in [5, 5.41) is 3.69. The van der Waals surface area contributed by atoms with Crippen LogP contribution in [0.5, 0.6) is 0 Å². The standard InChI is InChI=1S/C20H30N2S/c1-5-22(6-2)15-17-18(12-20(3,4)13-19(17)23)21-14-16-10-8-7-9-11-16/h7-11,21H,5-6,12-15H2,1-4H3. The van der Waals surface area contributed by atoms with E-state index < -0.39 is 0 Å². The number of likely N-dealkylation sites (N-methyl/N-ethyl adjacent to an activating group) is 1. The predicted molar refractivity (Wildman–Crippen MR) is 104 cm³/mol. The number of nitrogens with zero attached hydrogens (tertiary/aromatic N) is 1. The molecule has 1 aromatic rings. The molecule has 0 radical (unpaired) electrons. The molecule has 0 aromatic heterocycles. The number of allylic oxidation sites excluding steroid dienone is 1. The van der Waals surface area contributed by atoms with Gasteiger partial charge in [-0.15, -0.1) is 0 Å². The molecular formula is C20H30N2S. The fourth-order valence-corrected chi connectivity index (χ4v) is 3.76. The lowest BCUT2D eigenvalue weighted by Gasteiger charge is -2.36. The third-order valence-corrected chi connectivity index (χ3v) is 5.01. The van der Waals surface area contributed by atoms with Gasteiger partial charge in [0.15, 0.2) is 0 Å². The highest BCUT2D eigenvalue weighted by atomic mass is 32.1. The van der Waals surface area contributed by atoms with Crippen molar-refractivity contribution < 1.29 is 0 Å². The largest absolute Gasteiger partial charge is 0.384 e. The fourth-order valence-electron chi connectivity index (χ4n) is 3.19. The molecule has 0 saturated heterocycles. The molecule has 23 heavy (non-hydrogen) atoms. The first kappa shape index (κ1) is 18.2. The minimum atomic E-state index is 0.253. The van der Waals surface area contributed by atoms with Crippen molar-refractivity contribution in [3.63, 3.8) is 0 Å². The summed E-state index contributed by atoms with van der Waals surface area (Å²) >= 11 is 5.77. The van der Waals surface area contributed by atoms with Gasteiger partial charge in [-0.25, -0.2) is 0 Å². The van der Waals surface area contributed by atoms with Crippen LogP contribution in [0.3, 0.4) is 0 Å². The number of benzene rings is 1. The zero-order valence-corrected chi connectivity index (χ0v) is 15.8. The molecule has 0 fully saturated rings. The Labute approximate surface area is 147 Å². The molecule has 1 aromatic carbocycles. The monoisotopic (exact) mass is 330 g/mol. The van der Waals surface area contributed by atoms with Crippen LogP contribution in [0.1, 0.15) is 46.1 Å². The average molecular weight is 331 g/mol. The minimum Gasteiger partial charge on any atom is -0.384 e. The van der Waals surface area contributed by atoms with Crippen LogP contribution in [0.15, 0.2) is 41.6 Å². The van der Waals surface area contributed by atoms with E-state index in [0.29, 0.717) is 0 Å². The molecule has 2 rings (SSSR count). The minimum absolute atomic E-state index is 0.253. The van der Waals surface area contributed by atoms with E-state index in [1.807, 2.05) is 0 Å². The van der Waals surface area contributed by atoms with E-state index in [4.69, 9.17) is 12.2 Å². The Balaban J connectivity index is 2.20. The molecule has 0 unspecified atom stereocenters. The Hall–Kier alpha value is -1.19. The summed E-state index contributed by atoms with van der Waals surface area (Å²) in [7, 11) is 0. The second-order valence-electron chi connectivity index (χ2n) is 7.20. The fraction of sp³-hybridized carbons (Fsp3) is 0.550. The van der Waals surface area contributed by atoms with Gasteiger partial charge in [0.25, 0.3) is 0 Å². The number of rotatable bonds is 7. The quantitative estimate of drug-likeness (QED) is 0.738. The summed E-state index contributed by atoms with van der Waals surface area (Å²) < 4.78 is 0. The molecule has 0 amide bonds. The second kappa shape index (κ2) is 8.07. The van der Waals surface area contributed by atoms with Gasteiger partial charge in [0, 0.05) is 23.7 Å². The summed E-state index contributed by atoms with van der Waals surface area (Å²) in [6.45, 7) is 13.1. The van der Waals surface area contributed by atoms with E-state index in [2.05, 4.69) is 68.2 Å². The van der Waals surface area contributed by atoms with Gasteiger partial charge in [-0.2, -0.15) is 0 Å². The topological polar surface area (TPSA) is 15.3 Å². The zero-order chi connectivity index (χ0) is 16.9. The van der Waals surface area contributed by atoms with Crippen molar-refractivity contribution in [2.45, 2.75) is 47.1 Å². The highest BCUT2D eigenvalue weighted by Gasteiger charge is 2.30. The molecule has 3 heteroatoms. The maximum Gasteiger partial charge on any atom is 0.0397 e. The molecule has 0 spiro atoms. The number of hydrogen-bond donors (Lipinski definition) is 1. The van der Waals surface area contributed by atoms with Crippen molar-refractivity contribution in [1.82, 2.24) is 10.2 Å². The van der Waals surface area contributed by atoms with Crippen molar-refractivity contribution in [2.75, 3.05) is 19.6 Å². The molecule has 126 valence electrons. The van der Waals surface area contributed by atoms with Crippen molar-refractivity contribution in [3.05, 3.63) is 47.2 Å². The van der Waals surface area contributed by atoms with Crippen LogP contribution in [0.2, 0.25) is 0 Å². The van der Waals surface area contributed by atoms with Crippen LogP contribution >= 0.6 is 12.2 Å². The van der Waals surface area contributed by atoms with Crippen LogP contribution in [0.4, 0.5) is 0 Å². The van der Waals surface area contributed by atoms with Crippen LogP contribution in [-0.2, 0) is 6.54 Å². The first-order valence-corrected chi connectivity index (χ1v) is 9.11. The second-order valence-corrected chi connectivity index (χ2v) is 7.69. The Morgan fingerprint density at radius 1 is 1.09 bits per heavy atom. The number of thiocarbonyl (C=S) groups is 1. The first-order chi connectivity index (χ1) is 10.9. The SMILES string of the molecule is CCN(CC)CC1=C(NCc2ccccc2)CC(C)(C)CC1=S. The van der Waals surface area contributed by atoms with Crippen molar-refractivity contribution in [2.24, 2.45) is 5.41 Å². The molecule has 0 heterocycles. The smallest absolute Gasteiger partial charge is 0.0397 e. The van der Waals surface area contributed by atoms with Crippen LogP contribution in [0.25, 0.3) is 0 Å². The van der Waals surface area contributed by atoms with E-state index in [9.17, 15) is 0 Å². The normalized spacial score (nSPS) is 17.7. The third kappa shape index (κ3) is 5.15. The first-order valence-electron chi connectivity index (χ1n) is 8.70. The molecule has 1 N–H and O–H groups in total. The van der Waals surface area contributed by atoms with E-state index in [0.717, 1.165) is 43.9 Å². The predicted octanol–water partition coefficient (Wildman–Crippen LogP) is 4.56. The van der Waals surface area contributed by atoms with Gasteiger partial charge in [0.05, 0.1) is 0 Å². The van der Waals surface area contributed by atoms with Gasteiger partial charge >= 0.3 is 0 Å². The molecular weight excluding hydrogens is 300 g/mol. The lowest BCUT2D eigenvalue weighted by molar-refractivity contribution is 0.319. The molecule has 2 nitrogen and oxygen atoms in total. The number of hydrogen-bond acceptors (Lipinski definition) is 3. The Morgan fingerprint density at radius 3 is 2.35 bits per heavy atom. The van der Waals surface area contributed by atoms with Crippen molar-refractivity contribution >= 4 is 17.1 Å². The Kier molecular flexibility index (Phi) is 6.37. The van der Waals surface area contributed by atoms with E-state index in [1.165, 1.54) is 16.8 Å². The van der Waals surface area contributed by atoms with Crippen LogP contribution in [0, 0.1) is 5.41 Å². The molecule has 1 aliphatic rings. The van der Waals surface area contributed by atoms with Crippen LogP contribution < -0.4 is 5.32 Å². The van der Waals surface area contributed by atoms with Crippen LogP contribution in [-0.4, -0.2) is 29.4 Å². The highest BCUT2D eigenvalue weighted by molar-refractivity contribution is 7.80. The van der Waals surface area contributed by atoms with Gasteiger partial charge in [0.1, 0.15) is 0 Å². The molecule has 0 atom stereocenters. The molecule has 1 aliphatic carbocycles. The summed E-state index contributed by atoms with van der Waals surface area (Å²) in [6.07, 6.45) is 2.10. The number of nitrogens with one attached hydrogen (secondary N) is 1. The van der Waals surface area contributed by atoms with Crippen molar-refractivity contribution in [3.8, 4) is 0 Å². The summed E-state index contributed by atoms with van der Waals surface area (Å²) in [6, 6.07) is 10.6. The van der Waals surface area contributed by atoms with Gasteiger partial charge in [-0.1, -0.05) is 70.2 Å². The third-order valence-electron chi connectivity index (χ3n) is 4.62. The average Bonchev–Trinajstić information content (AvgIpc) is 2.52. The Bertz CT molecular complexity index is 556. The summed E-state index contributed by atoms with van der Waals surface area (Å²) in [4.78, 5) is 3.59. The molecule has 0 bridgehead atoms. The summed E-state index contributed by atoms with van der Waals surface area (Å²) in [5.41, 5.74) is 4.28. The highest BCUT2D eigenvalue weighted by Crippen LogP contribution is 2.36. The van der Waals surface area contributed by atoms with Gasteiger partial charge in [0.2, 0.25) is 0 Å². The van der Waals surface area contributed by atoms with E-state index in [-0.39, 0.29) is 5.41 Å². The van der Waals surface area contributed by atoms with Gasteiger partial charge in [-0.3, -0.25) is 4.90 Å². The molecule has 0 aliphatic heterocycles. The lowest BCUT2D eigenvalue weighted by atomic mass is 9.76. The Morgan fingerprint density at radius 2 is 1.74 bits per heavy atom. The summed E-state index contributed by atoms with van der Waals surface area (Å²) in [5.74, 6) is 0. The maximum atomic E-state index is 5.77. The van der Waals surface area contributed by atoms with E-state index in [1.54, 1.807) is 0 Å². The van der Waals surface area contributed by atoms with Gasteiger partial charge in [-0.05, 0) is 42.5 Å². The molecule has 0 saturated carbocycles.